The summed E-state index contributed by atoms with van der Waals surface area (Å²) in [6.45, 7) is 4.65. The number of benzene rings is 1. The van der Waals surface area contributed by atoms with Gasteiger partial charge in [0.1, 0.15) is 5.75 Å². The van der Waals surface area contributed by atoms with Crippen molar-refractivity contribution in [1.29, 1.82) is 0 Å². The van der Waals surface area contributed by atoms with Crippen molar-refractivity contribution in [1.82, 2.24) is 4.90 Å². The molecule has 0 aromatic heterocycles. The molecule has 1 aromatic rings. The van der Waals surface area contributed by atoms with E-state index in [2.05, 4.69) is 29.2 Å². The number of aliphatic hydroxyl groups is 1. The minimum absolute atomic E-state index is 0.0560. The molecule has 2 aliphatic heterocycles. The van der Waals surface area contributed by atoms with Gasteiger partial charge in [-0.25, -0.2) is 0 Å². The number of hydrogen-bond acceptors (Lipinski definition) is 4. The highest BCUT2D eigenvalue weighted by Crippen LogP contribution is 2.42. The zero-order valence-corrected chi connectivity index (χ0v) is 14.5. The maximum atomic E-state index is 9.95. The third-order valence-electron chi connectivity index (χ3n) is 6.16. The van der Waals surface area contributed by atoms with Crippen molar-refractivity contribution < 1.29 is 14.6 Å². The SMILES string of the molecule is OC[C@]12COCC[C@H]1CN(Cc1ccccc1OC1CCCC1)C2. The number of rotatable bonds is 5. The second-order valence-corrected chi connectivity index (χ2v) is 7.86. The molecule has 0 amide bonds. The lowest BCUT2D eigenvalue weighted by molar-refractivity contribution is -0.0561. The fourth-order valence-corrected chi connectivity index (χ4v) is 4.73. The Bertz CT molecular complexity index is 558. The number of aliphatic hydroxyl groups excluding tert-OH is 1. The number of para-hydroxylation sites is 1. The lowest BCUT2D eigenvalue weighted by Gasteiger charge is -2.36. The minimum Gasteiger partial charge on any atom is -0.490 e. The second kappa shape index (κ2) is 7.03. The summed E-state index contributed by atoms with van der Waals surface area (Å²) in [5, 5.41) is 9.95. The third-order valence-corrected chi connectivity index (χ3v) is 6.16. The van der Waals surface area contributed by atoms with E-state index in [-0.39, 0.29) is 12.0 Å². The first kappa shape index (κ1) is 16.4. The van der Waals surface area contributed by atoms with Gasteiger partial charge in [0.15, 0.2) is 0 Å². The monoisotopic (exact) mass is 331 g/mol. The summed E-state index contributed by atoms with van der Waals surface area (Å²) in [5.41, 5.74) is 1.22. The number of ether oxygens (including phenoxy) is 2. The van der Waals surface area contributed by atoms with Gasteiger partial charge in [-0.1, -0.05) is 18.2 Å². The lowest BCUT2D eigenvalue weighted by atomic mass is 9.76. The van der Waals surface area contributed by atoms with Crippen molar-refractivity contribution in [2.24, 2.45) is 11.3 Å². The van der Waals surface area contributed by atoms with Crippen LogP contribution in [0, 0.1) is 11.3 Å². The summed E-state index contributed by atoms with van der Waals surface area (Å²) < 4.78 is 12.0. The molecular weight excluding hydrogens is 302 g/mol. The molecule has 4 nitrogen and oxygen atoms in total. The van der Waals surface area contributed by atoms with Gasteiger partial charge in [0.05, 0.1) is 19.3 Å². The van der Waals surface area contributed by atoms with Gasteiger partial charge in [-0.15, -0.1) is 0 Å². The highest BCUT2D eigenvalue weighted by Gasteiger charge is 2.48. The summed E-state index contributed by atoms with van der Waals surface area (Å²) in [6, 6.07) is 8.47. The Kier molecular flexibility index (Phi) is 4.79. The predicted molar refractivity (Wildman–Crippen MR) is 93.0 cm³/mol. The molecule has 0 spiro atoms. The largest absolute Gasteiger partial charge is 0.490 e. The molecule has 0 unspecified atom stereocenters. The zero-order valence-electron chi connectivity index (χ0n) is 14.5. The van der Waals surface area contributed by atoms with Crippen molar-refractivity contribution in [2.75, 3.05) is 32.9 Å². The predicted octanol–water partition coefficient (Wildman–Crippen LogP) is 2.84. The van der Waals surface area contributed by atoms with Crippen molar-refractivity contribution in [2.45, 2.75) is 44.8 Å². The van der Waals surface area contributed by atoms with E-state index < -0.39 is 0 Å². The molecule has 2 atom stereocenters. The molecule has 3 fully saturated rings. The normalized spacial score (nSPS) is 31.3. The van der Waals surface area contributed by atoms with E-state index >= 15 is 0 Å². The van der Waals surface area contributed by atoms with Crippen LogP contribution in [0.15, 0.2) is 24.3 Å². The van der Waals surface area contributed by atoms with E-state index in [1.54, 1.807) is 0 Å². The number of likely N-dealkylation sites (tertiary alicyclic amines) is 1. The van der Waals surface area contributed by atoms with Gasteiger partial charge >= 0.3 is 0 Å². The fourth-order valence-electron chi connectivity index (χ4n) is 4.73. The smallest absolute Gasteiger partial charge is 0.124 e. The van der Waals surface area contributed by atoms with Crippen LogP contribution in [-0.4, -0.2) is 49.0 Å². The summed E-state index contributed by atoms with van der Waals surface area (Å²) in [5.74, 6) is 1.60. The Labute approximate surface area is 144 Å². The average Bonchev–Trinajstić information content (AvgIpc) is 3.24. The van der Waals surface area contributed by atoms with E-state index in [1.807, 2.05) is 0 Å². The van der Waals surface area contributed by atoms with E-state index in [0.29, 0.717) is 18.6 Å². The van der Waals surface area contributed by atoms with Crippen LogP contribution < -0.4 is 4.74 Å². The van der Waals surface area contributed by atoms with Crippen LogP contribution in [0.2, 0.25) is 0 Å². The Balaban J connectivity index is 1.45. The van der Waals surface area contributed by atoms with Gasteiger partial charge in [0.2, 0.25) is 0 Å². The topological polar surface area (TPSA) is 41.9 Å². The van der Waals surface area contributed by atoms with Gasteiger partial charge in [-0.2, -0.15) is 0 Å². The fraction of sp³-hybridized carbons (Fsp3) is 0.700. The molecule has 4 heteroatoms. The maximum Gasteiger partial charge on any atom is 0.124 e. The second-order valence-electron chi connectivity index (χ2n) is 7.86. The quantitative estimate of drug-likeness (QED) is 0.901. The lowest BCUT2D eigenvalue weighted by Crippen LogP contribution is -2.42. The van der Waals surface area contributed by atoms with Gasteiger partial charge in [0.25, 0.3) is 0 Å². The first-order valence-electron chi connectivity index (χ1n) is 9.45. The molecule has 3 aliphatic rings. The highest BCUT2D eigenvalue weighted by atomic mass is 16.5. The van der Waals surface area contributed by atoms with E-state index in [1.165, 1.54) is 31.2 Å². The molecule has 1 aromatic carbocycles. The van der Waals surface area contributed by atoms with Crippen LogP contribution in [-0.2, 0) is 11.3 Å². The summed E-state index contributed by atoms with van der Waals surface area (Å²) in [6.07, 6.45) is 6.41. The molecule has 2 saturated heterocycles. The standard InChI is InChI=1S/C20H29NO3/c22-14-20-13-21(12-17(20)9-10-23-15-20)11-16-5-1-4-8-19(16)24-18-6-2-3-7-18/h1,4-5,8,17-18,22H,2-3,6-7,9-15H2/t17-,20+/m0/s1. The molecule has 1 aliphatic carbocycles. The summed E-state index contributed by atoms with van der Waals surface area (Å²) in [4.78, 5) is 2.48. The Morgan fingerprint density at radius 1 is 1.21 bits per heavy atom. The molecule has 0 bridgehead atoms. The van der Waals surface area contributed by atoms with Crippen LogP contribution >= 0.6 is 0 Å². The maximum absolute atomic E-state index is 9.95. The molecule has 132 valence electrons. The van der Waals surface area contributed by atoms with E-state index in [0.717, 1.165) is 38.4 Å². The van der Waals surface area contributed by atoms with Crippen LogP contribution in [0.1, 0.15) is 37.7 Å². The average molecular weight is 331 g/mol. The first-order valence-corrected chi connectivity index (χ1v) is 9.45. The highest BCUT2D eigenvalue weighted by molar-refractivity contribution is 5.33. The molecule has 1 saturated carbocycles. The van der Waals surface area contributed by atoms with Crippen LogP contribution in [0.4, 0.5) is 0 Å². The summed E-state index contributed by atoms with van der Waals surface area (Å²) in [7, 11) is 0. The Hall–Kier alpha value is -1.10. The minimum atomic E-state index is -0.0560. The van der Waals surface area contributed by atoms with Gasteiger partial charge in [-0.05, 0) is 44.1 Å². The molecule has 4 rings (SSSR count). The number of fused-ring (bicyclic) bond motifs is 1. The zero-order chi connectivity index (χ0) is 16.4. The van der Waals surface area contributed by atoms with Crippen molar-refractivity contribution in [3.63, 3.8) is 0 Å². The van der Waals surface area contributed by atoms with Crippen LogP contribution in [0.3, 0.4) is 0 Å². The Morgan fingerprint density at radius 3 is 2.83 bits per heavy atom. The van der Waals surface area contributed by atoms with Crippen LogP contribution in [0.5, 0.6) is 5.75 Å². The summed E-state index contributed by atoms with van der Waals surface area (Å²) >= 11 is 0. The molecule has 1 N–H and O–H groups in total. The van der Waals surface area contributed by atoms with Gasteiger partial charge in [0, 0.05) is 37.2 Å². The van der Waals surface area contributed by atoms with Crippen molar-refractivity contribution in [3.05, 3.63) is 29.8 Å². The third kappa shape index (κ3) is 3.19. The van der Waals surface area contributed by atoms with Gasteiger partial charge < -0.3 is 14.6 Å². The van der Waals surface area contributed by atoms with Crippen molar-refractivity contribution >= 4 is 0 Å². The Morgan fingerprint density at radius 2 is 2.04 bits per heavy atom. The number of hydrogen-bond donors (Lipinski definition) is 1. The number of nitrogens with zero attached hydrogens (tertiary/aromatic N) is 1. The van der Waals surface area contributed by atoms with E-state index in [4.69, 9.17) is 9.47 Å². The molecule has 0 radical (unpaired) electrons. The molecular formula is C20H29NO3. The molecule has 2 heterocycles. The van der Waals surface area contributed by atoms with Crippen LogP contribution in [0.25, 0.3) is 0 Å². The van der Waals surface area contributed by atoms with Gasteiger partial charge in [-0.3, -0.25) is 4.90 Å². The first-order chi connectivity index (χ1) is 11.8. The molecule has 24 heavy (non-hydrogen) atoms. The van der Waals surface area contributed by atoms with E-state index in [9.17, 15) is 5.11 Å². The van der Waals surface area contributed by atoms with Crippen molar-refractivity contribution in [3.8, 4) is 5.75 Å².